The molecule has 7 nitrogen and oxygen atoms in total. The number of para-hydroxylation sites is 2. The van der Waals surface area contributed by atoms with E-state index in [4.69, 9.17) is 0 Å². The first kappa shape index (κ1) is 20.6. The lowest BCUT2D eigenvalue weighted by Gasteiger charge is -2.31. The molecule has 0 aliphatic carbocycles. The van der Waals surface area contributed by atoms with Gasteiger partial charge in [0.15, 0.2) is 0 Å². The van der Waals surface area contributed by atoms with Crippen molar-refractivity contribution in [1.82, 2.24) is 19.6 Å². The lowest BCUT2D eigenvalue weighted by atomic mass is 9.99. The summed E-state index contributed by atoms with van der Waals surface area (Å²) >= 11 is 0. The molecule has 1 aliphatic rings. The summed E-state index contributed by atoms with van der Waals surface area (Å²) in [6.07, 6.45) is 2.90. The number of nitrogens with zero attached hydrogens (tertiary/aromatic N) is 2. The van der Waals surface area contributed by atoms with E-state index in [-0.39, 0.29) is 23.3 Å². The lowest BCUT2D eigenvalue weighted by molar-refractivity contribution is -0.126. The highest BCUT2D eigenvalue weighted by atomic mass is 32.2. The molecule has 0 spiro atoms. The standard InChI is InChI=1S/C22H26N4O3S/c27-22(23-14-6-13-21-24-19-11-4-5-12-20(19)25-21)17-8-7-15-26(16-17)30(28,29)18-9-2-1-3-10-18/h1-5,9-12,17H,6-8,13-16H2,(H,23,27)(H,24,25)/t17-/m1/s1. The van der Waals surface area contributed by atoms with E-state index in [1.807, 2.05) is 24.3 Å². The van der Waals surface area contributed by atoms with Gasteiger partial charge >= 0.3 is 0 Å². The molecular weight excluding hydrogens is 400 g/mol. The van der Waals surface area contributed by atoms with E-state index in [0.29, 0.717) is 25.9 Å². The van der Waals surface area contributed by atoms with Gasteiger partial charge in [0.25, 0.3) is 0 Å². The number of nitrogens with one attached hydrogen (secondary N) is 2. The largest absolute Gasteiger partial charge is 0.356 e. The first-order valence-electron chi connectivity index (χ1n) is 10.3. The fourth-order valence-electron chi connectivity index (χ4n) is 3.85. The molecule has 1 aliphatic heterocycles. The molecule has 1 fully saturated rings. The summed E-state index contributed by atoms with van der Waals surface area (Å²) in [5, 5.41) is 2.97. The number of rotatable bonds is 7. The summed E-state index contributed by atoms with van der Waals surface area (Å²) in [4.78, 5) is 20.7. The summed E-state index contributed by atoms with van der Waals surface area (Å²) in [5.74, 6) is 0.513. The highest BCUT2D eigenvalue weighted by Gasteiger charge is 2.33. The SMILES string of the molecule is O=C(NCCCc1nc2ccccc2[nH]1)[C@@H]1CCCN(S(=O)(=O)c2ccccc2)C1. The first-order chi connectivity index (χ1) is 14.5. The van der Waals surface area contributed by atoms with Crippen molar-refractivity contribution in [2.75, 3.05) is 19.6 Å². The number of carbonyl (C=O) groups is 1. The predicted molar refractivity (Wildman–Crippen MR) is 115 cm³/mol. The third kappa shape index (κ3) is 4.55. The van der Waals surface area contributed by atoms with Crippen LogP contribution in [0.5, 0.6) is 0 Å². The molecular formula is C22H26N4O3S. The highest BCUT2D eigenvalue weighted by Crippen LogP contribution is 2.23. The maximum absolute atomic E-state index is 12.8. The number of carbonyl (C=O) groups excluding carboxylic acids is 1. The molecule has 0 unspecified atom stereocenters. The Bertz CT molecular complexity index is 1080. The highest BCUT2D eigenvalue weighted by molar-refractivity contribution is 7.89. The van der Waals surface area contributed by atoms with Crippen LogP contribution in [-0.4, -0.2) is 48.2 Å². The number of H-pyrrole nitrogens is 1. The van der Waals surface area contributed by atoms with Crippen LogP contribution >= 0.6 is 0 Å². The van der Waals surface area contributed by atoms with Crippen LogP contribution < -0.4 is 5.32 Å². The van der Waals surface area contributed by atoms with Gasteiger partial charge in [-0.1, -0.05) is 30.3 Å². The van der Waals surface area contributed by atoms with Crippen molar-refractivity contribution in [3.8, 4) is 0 Å². The van der Waals surface area contributed by atoms with Gasteiger partial charge in [0.1, 0.15) is 5.82 Å². The van der Waals surface area contributed by atoms with Crippen molar-refractivity contribution in [1.29, 1.82) is 0 Å². The Kier molecular flexibility index (Phi) is 6.15. The number of hydrogen-bond acceptors (Lipinski definition) is 4. The van der Waals surface area contributed by atoms with Gasteiger partial charge in [-0.05, 0) is 43.5 Å². The van der Waals surface area contributed by atoms with Gasteiger partial charge < -0.3 is 10.3 Å². The molecule has 2 aromatic carbocycles. The number of aryl methyl sites for hydroxylation is 1. The molecule has 2 heterocycles. The smallest absolute Gasteiger partial charge is 0.243 e. The second-order valence-corrected chi connectivity index (χ2v) is 9.55. The molecule has 2 N–H and O–H groups in total. The van der Waals surface area contributed by atoms with Crippen molar-refractivity contribution in [3.05, 3.63) is 60.4 Å². The summed E-state index contributed by atoms with van der Waals surface area (Å²) in [7, 11) is -3.56. The van der Waals surface area contributed by atoms with Crippen LogP contribution in [0.2, 0.25) is 0 Å². The van der Waals surface area contributed by atoms with Gasteiger partial charge in [0.2, 0.25) is 15.9 Å². The fraction of sp³-hybridized carbons (Fsp3) is 0.364. The summed E-state index contributed by atoms with van der Waals surface area (Å²) in [5.41, 5.74) is 1.96. The van der Waals surface area contributed by atoms with Gasteiger partial charge in [0.05, 0.1) is 21.8 Å². The maximum Gasteiger partial charge on any atom is 0.243 e. The van der Waals surface area contributed by atoms with Crippen LogP contribution in [0.3, 0.4) is 0 Å². The fourth-order valence-corrected chi connectivity index (χ4v) is 5.40. The van der Waals surface area contributed by atoms with Gasteiger partial charge in [-0.25, -0.2) is 13.4 Å². The quantitative estimate of drug-likeness (QED) is 0.568. The van der Waals surface area contributed by atoms with Gasteiger partial charge in [-0.3, -0.25) is 4.79 Å². The minimum Gasteiger partial charge on any atom is -0.356 e. The van der Waals surface area contributed by atoms with E-state index >= 15 is 0 Å². The number of aromatic amines is 1. The lowest BCUT2D eigenvalue weighted by Crippen LogP contribution is -2.45. The third-order valence-electron chi connectivity index (χ3n) is 5.46. The number of piperidine rings is 1. The Morgan fingerprint density at radius 3 is 2.70 bits per heavy atom. The van der Waals surface area contributed by atoms with Crippen LogP contribution in [0.25, 0.3) is 11.0 Å². The minimum atomic E-state index is -3.56. The predicted octanol–water partition coefficient (Wildman–Crippen LogP) is 2.71. The Balaban J connectivity index is 1.28. The Hall–Kier alpha value is -2.71. The van der Waals surface area contributed by atoms with Crippen molar-refractivity contribution in [3.63, 3.8) is 0 Å². The molecule has 1 aromatic heterocycles. The van der Waals surface area contributed by atoms with Gasteiger partial charge in [-0.2, -0.15) is 4.31 Å². The summed E-state index contributed by atoms with van der Waals surface area (Å²) < 4.78 is 27.1. The monoisotopic (exact) mass is 426 g/mol. The van der Waals surface area contributed by atoms with Crippen LogP contribution in [0, 0.1) is 5.92 Å². The average Bonchev–Trinajstić information content (AvgIpc) is 3.20. The second kappa shape index (κ2) is 8.97. The third-order valence-corrected chi connectivity index (χ3v) is 7.34. The maximum atomic E-state index is 12.8. The molecule has 1 amide bonds. The Morgan fingerprint density at radius 2 is 1.90 bits per heavy atom. The Morgan fingerprint density at radius 1 is 1.13 bits per heavy atom. The van der Waals surface area contributed by atoms with Crippen LogP contribution in [0.15, 0.2) is 59.5 Å². The zero-order chi connectivity index (χ0) is 21.0. The van der Waals surface area contributed by atoms with Gasteiger partial charge in [-0.15, -0.1) is 0 Å². The van der Waals surface area contributed by atoms with Crippen molar-refractivity contribution in [2.45, 2.75) is 30.6 Å². The molecule has 3 aromatic rings. The number of benzene rings is 2. The normalized spacial score (nSPS) is 17.8. The first-order valence-corrected chi connectivity index (χ1v) is 11.7. The molecule has 1 saturated heterocycles. The molecule has 0 saturated carbocycles. The molecule has 30 heavy (non-hydrogen) atoms. The molecule has 4 rings (SSSR count). The number of fused-ring (bicyclic) bond motifs is 1. The van der Waals surface area contributed by atoms with E-state index in [0.717, 1.165) is 29.7 Å². The number of amides is 1. The van der Waals surface area contributed by atoms with E-state index in [9.17, 15) is 13.2 Å². The minimum absolute atomic E-state index is 0.0763. The second-order valence-electron chi connectivity index (χ2n) is 7.61. The molecule has 1 atom stereocenters. The molecule has 0 bridgehead atoms. The number of hydrogen-bond donors (Lipinski definition) is 2. The van der Waals surface area contributed by atoms with Crippen molar-refractivity contribution in [2.24, 2.45) is 5.92 Å². The average molecular weight is 427 g/mol. The number of aromatic nitrogens is 2. The van der Waals surface area contributed by atoms with E-state index in [1.54, 1.807) is 30.3 Å². The zero-order valence-corrected chi connectivity index (χ0v) is 17.6. The van der Waals surface area contributed by atoms with E-state index in [2.05, 4.69) is 15.3 Å². The van der Waals surface area contributed by atoms with Crippen LogP contribution in [0.1, 0.15) is 25.1 Å². The van der Waals surface area contributed by atoms with Crippen molar-refractivity contribution >= 4 is 27.0 Å². The molecule has 8 heteroatoms. The van der Waals surface area contributed by atoms with Crippen LogP contribution in [-0.2, 0) is 21.2 Å². The van der Waals surface area contributed by atoms with E-state index in [1.165, 1.54) is 4.31 Å². The van der Waals surface area contributed by atoms with Crippen LogP contribution in [0.4, 0.5) is 0 Å². The van der Waals surface area contributed by atoms with Gasteiger partial charge in [0, 0.05) is 26.1 Å². The molecule has 0 radical (unpaired) electrons. The Labute approximate surface area is 176 Å². The van der Waals surface area contributed by atoms with Crippen molar-refractivity contribution < 1.29 is 13.2 Å². The molecule has 158 valence electrons. The summed E-state index contributed by atoms with van der Waals surface area (Å²) in [6.45, 7) is 1.22. The number of sulfonamides is 1. The summed E-state index contributed by atoms with van der Waals surface area (Å²) in [6, 6.07) is 16.3. The topological polar surface area (TPSA) is 95.2 Å². The zero-order valence-electron chi connectivity index (χ0n) is 16.8. The number of imidazole rings is 1. The van der Waals surface area contributed by atoms with E-state index < -0.39 is 10.0 Å².